The number of nitrogens with one attached hydrogen (secondary N) is 1. The maximum atomic E-state index is 3.70. The van der Waals surface area contributed by atoms with Crippen molar-refractivity contribution in [1.29, 1.82) is 0 Å². The molecule has 1 fully saturated rings. The predicted molar refractivity (Wildman–Crippen MR) is 95.6 cm³/mol. The predicted octanol–water partition coefficient (Wildman–Crippen LogP) is 6.26. The molecular formula is C18H23NS2. The molecule has 21 heavy (non-hydrogen) atoms. The standard InChI is InChI=1S/C18H23NS2/c1-13-11-12-17(20-13)14(2)19-16-9-5-6-10-18(16)21-15-7-3-4-8-15/h5-6,9-12,14-15,19H,3-4,7-8H2,1-2H3. The molecule has 1 aliphatic carbocycles. The quantitative estimate of drug-likeness (QED) is 0.698. The number of para-hydroxylation sites is 1. The van der Waals surface area contributed by atoms with E-state index in [1.807, 2.05) is 11.3 Å². The van der Waals surface area contributed by atoms with E-state index in [4.69, 9.17) is 0 Å². The van der Waals surface area contributed by atoms with Crippen molar-refractivity contribution in [3.63, 3.8) is 0 Å². The summed E-state index contributed by atoms with van der Waals surface area (Å²) in [7, 11) is 0. The Balaban J connectivity index is 1.72. The van der Waals surface area contributed by atoms with Crippen LogP contribution in [0.25, 0.3) is 0 Å². The first-order chi connectivity index (χ1) is 10.2. The van der Waals surface area contributed by atoms with Crippen molar-refractivity contribution >= 4 is 28.8 Å². The van der Waals surface area contributed by atoms with E-state index in [0.717, 1.165) is 5.25 Å². The molecule has 0 bridgehead atoms. The van der Waals surface area contributed by atoms with Crippen LogP contribution in [-0.2, 0) is 0 Å². The van der Waals surface area contributed by atoms with Gasteiger partial charge >= 0.3 is 0 Å². The van der Waals surface area contributed by atoms with Crippen LogP contribution < -0.4 is 5.32 Å². The van der Waals surface area contributed by atoms with Crippen molar-refractivity contribution in [2.24, 2.45) is 0 Å². The van der Waals surface area contributed by atoms with E-state index in [-0.39, 0.29) is 0 Å². The first-order valence-corrected chi connectivity index (χ1v) is 9.50. The Morgan fingerprint density at radius 2 is 1.90 bits per heavy atom. The lowest BCUT2D eigenvalue weighted by Gasteiger charge is -2.18. The van der Waals surface area contributed by atoms with Crippen molar-refractivity contribution in [2.75, 3.05) is 5.32 Å². The number of thiophene rings is 1. The Bertz CT molecular complexity index is 584. The highest BCUT2D eigenvalue weighted by atomic mass is 32.2. The monoisotopic (exact) mass is 317 g/mol. The lowest BCUT2D eigenvalue weighted by molar-refractivity contribution is 0.886. The fraction of sp³-hybridized carbons (Fsp3) is 0.444. The van der Waals surface area contributed by atoms with E-state index in [2.05, 4.69) is 67.3 Å². The number of anilines is 1. The van der Waals surface area contributed by atoms with E-state index in [1.165, 1.54) is 46.0 Å². The summed E-state index contributed by atoms with van der Waals surface area (Å²) in [5.41, 5.74) is 1.29. The van der Waals surface area contributed by atoms with Gasteiger partial charge in [-0.15, -0.1) is 23.1 Å². The lowest BCUT2D eigenvalue weighted by atomic mass is 10.2. The van der Waals surface area contributed by atoms with Crippen molar-refractivity contribution in [3.05, 3.63) is 46.2 Å². The molecule has 1 N–H and O–H groups in total. The summed E-state index contributed by atoms with van der Waals surface area (Å²) in [5, 5.41) is 4.52. The molecule has 1 atom stereocenters. The van der Waals surface area contributed by atoms with Crippen LogP contribution in [0.15, 0.2) is 41.3 Å². The van der Waals surface area contributed by atoms with Crippen LogP contribution in [0.4, 0.5) is 5.69 Å². The normalized spacial score (nSPS) is 17.0. The van der Waals surface area contributed by atoms with Crippen LogP contribution in [-0.4, -0.2) is 5.25 Å². The summed E-state index contributed by atoms with van der Waals surface area (Å²) in [6, 6.07) is 13.6. The topological polar surface area (TPSA) is 12.0 Å². The highest BCUT2D eigenvalue weighted by Gasteiger charge is 2.18. The molecule has 1 unspecified atom stereocenters. The summed E-state index contributed by atoms with van der Waals surface area (Å²) in [6.07, 6.45) is 5.55. The first kappa shape index (κ1) is 15.0. The first-order valence-electron chi connectivity index (χ1n) is 7.81. The smallest absolute Gasteiger partial charge is 0.0578 e. The van der Waals surface area contributed by atoms with Gasteiger partial charge in [-0.2, -0.15) is 0 Å². The van der Waals surface area contributed by atoms with Crippen LogP contribution in [0, 0.1) is 6.92 Å². The SMILES string of the molecule is Cc1ccc(C(C)Nc2ccccc2SC2CCCC2)s1. The summed E-state index contributed by atoms with van der Waals surface area (Å²) in [6.45, 7) is 4.42. The molecular weight excluding hydrogens is 294 g/mol. The molecule has 3 heteroatoms. The Hall–Kier alpha value is -0.930. The molecule has 0 spiro atoms. The maximum absolute atomic E-state index is 3.70. The summed E-state index contributed by atoms with van der Waals surface area (Å²) < 4.78 is 0. The van der Waals surface area contributed by atoms with E-state index in [9.17, 15) is 0 Å². The number of benzene rings is 1. The van der Waals surface area contributed by atoms with E-state index in [0.29, 0.717) is 6.04 Å². The molecule has 1 aromatic carbocycles. The molecule has 1 saturated carbocycles. The van der Waals surface area contributed by atoms with E-state index < -0.39 is 0 Å². The Kier molecular flexibility index (Phi) is 4.91. The molecule has 0 saturated heterocycles. The molecule has 1 heterocycles. The molecule has 0 aliphatic heterocycles. The molecule has 1 nitrogen and oxygen atoms in total. The minimum Gasteiger partial charge on any atom is -0.377 e. The van der Waals surface area contributed by atoms with Gasteiger partial charge in [0.1, 0.15) is 0 Å². The van der Waals surface area contributed by atoms with Gasteiger partial charge in [0.2, 0.25) is 0 Å². The van der Waals surface area contributed by atoms with Crippen molar-refractivity contribution in [3.8, 4) is 0 Å². The van der Waals surface area contributed by atoms with Gasteiger partial charge in [0.15, 0.2) is 0 Å². The zero-order chi connectivity index (χ0) is 14.7. The third-order valence-electron chi connectivity index (χ3n) is 4.04. The van der Waals surface area contributed by atoms with Gasteiger partial charge in [-0.1, -0.05) is 25.0 Å². The second kappa shape index (κ2) is 6.89. The summed E-state index contributed by atoms with van der Waals surface area (Å²) in [4.78, 5) is 4.20. The minimum atomic E-state index is 0.369. The van der Waals surface area contributed by atoms with Crippen LogP contribution in [0.2, 0.25) is 0 Å². The van der Waals surface area contributed by atoms with Crippen LogP contribution >= 0.6 is 23.1 Å². The van der Waals surface area contributed by atoms with Gasteiger partial charge in [0, 0.05) is 25.6 Å². The van der Waals surface area contributed by atoms with Crippen molar-refractivity contribution in [2.45, 2.75) is 55.7 Å². The zero-order valence-corrected chi connectivity index (χ0v) is 14.4. The van der Waals surface area contributed by atoms with Gasteiger partial charge < -0.3 is 5.32 Å². The second-order valence-electron chi connectivity index (χ2n) is 5.83. The van der Waals surface area contributed by atoms with Gasteiger partial charge in [0.25, 0.3) is 0 Å². The second-order valence-corrected chi connectivity index (χ2v) is 8.50. The fourth-order valence-corrected chi connectivity index (χ4v) is 5.08. The Morgan fingerprint density at radius 3 is 2.62 bits per heavy atom. The molecule has 2 aromatic rings. The molecule has 1 aliphatic rings. The van der Waals surface area contributed by atoms with Crippen LogP contribution in [0.3, 0.4) is 0 Å². The van der Waals surface area contributed by atoms with Crippen LogP contribution in [0.5, 0.6) is 0 Å². The molecule has 112 valence electrons. The van der Waals surface area contributed by atoms with Gasteiger partial charge in [-0.05, 0) is 51.0 Å². The lowest BCUT2D eigenvalue weighted by Crippen LogP contribution is -2.06. The van der Waals surface area contributed by atoms with E-state index >= 15 is 0 Å². The van der Waals surface area contributed by atoms with Gasteiger partial charge in [-0.3, -0.25) is 0 Å². The number of hydrogen-bond donors (Lipinski definition) is 1. The zero-order valence-electron chi connectivity index (χ0n) is 12.8. The number of hydrogen-bond acceptors (Lipinski definition) is 3. The average Bonchev–Trinajstić information content (AvgIpc) is 3.12. The van der Waals surface area contributed by atoms with Crippen LogP contribution in [0.1, 0.15) is 48.4 Å². The fourth-order valence-electron chi connectivity index (χ4n) is 2.86. The largest absolute Gasteiger partial charge is 0.377 e. The summed E-state index contributed by atoms with van der Waals surface area (Å²) >= 11 is 3.95. The average molecular weight is 318 g/mol. The number of aryl methyl sites for hydroxylation is 1. The minimum absolute atomic E-state index is 0.369. The molecule has 3 rings (SSSR count). The number of thioether (sulfide) groups is 1. The Labute approximate surface area is 136 Å². The maximum Gasteiger partial charge on any atom is 0.0578 e. The van der Waals surface area contributed by atoms with Crippen molar-refractivity contribution < 1.29 is 0 Å². The molecule has 1 aromatic heterocycles. The highest BCUT2D eigenvalue weighted by molar-refractivity contribution is 8.00. The van der Waals surface area contributed by atoms with Crippen molar-refractivity contribution in [1.82, 2.24) is 0 Å². The number of rotatable bonds is 5. The van der Waals surface area contributed by atoms with E-state index in [1.54, 1.807) is 0 Å². The summed E-state index contributed by atoms with van der Waals surface area (Å²) in [5.74, 6) is 0. The van der Waals surface area contributed by atoms with Gasteiger partial charge in [-0.25, -0.2) is 0 Å². The molecule has 0 radical (unpaired) electrons. The Morgan fingerprint density at radius 1 is 1.14 bits per heavy atom. The van der Waals surface area contributed by atoms with Gasteiger partial charge in [0.05, 0.1) is 6.04 Å². The third-order valence-corrected chi connectivity index (χ3v) is 6.64. The third kappa shape index (κ3) is 3.83. The highest BCUT2D eigenvalue weighted by Crippen LogP contribution is 2.39. The molecule has 0 amide bonds.